The molecule has 0 bridgehead atoms. The number of aryl methyl sites for hydroxylation is 1. The van der Waals surface area contributed by atoms with Crippen LogP contribution in [0.15, 0.2) is 34.2 Å². The number of anilines is 2. The van der Waals surface area contributed by atoms with E-state index in [9.17, 15) is 9.59 Å². The molecule has 4 rings (SSSR count). The zero-order chi connectivity index (χ0) is 20.5. The van der Waals surface area contributed by atoms with Gasteiger partial charge in [-0.05, 0) is 55.0 Å². The monoisotopic (exact) mass is 428 g/mol. The summed E-state index contributed by atoms with van der Waals surface area (Å²) < 4.78 is 0. The number of nitrogens with one attached hydrogen (secondary N) is 2. The van der Waals surface area contributed by atoms with Crippen molar-refractivity contribution in [1.82, 2.24) is 9.97 Å². The summed E-state index contributed by atoms with van der Waals surface area (Å²) in [6, 6.07) is 7.66. The topological polar surface area (TPSA) is 78.1 Å². The van der Waals surface area contributed by atoms with Crippen molar-refractivity contribution in [3.8, 4) is 0 Å². The zero-order valence-electron chi connectivity index (χ0n) is 16.7. The highest BCUT2D eigenvalue weighted by Crippen LogP contribution is 2.36. The quantitative estimate of drug-likeness (QED) is 0.476. The fourth-order valence-electron chi connectivity index (χ4n) is 3.57. The molecule has 1 aliphatic carbocycles. The Hall–Kier alpha value is -2.32. The molecule has 2 heterocycles. The Kier molecular flexibility index (Phi) is 5.65. The van der Waals surface area contributed by atoms with Crippen molar-refractivity contribution in [2.45, 2.75) is 31.3 Å². The van der Waals surface area contributed by atoms with E-state index in [0.29, 0.717) is 11.1 Å². The summed E-state index contributed by atoms with van der Waals surface area (Å²) in [4.78, 5) is 36.5. The summed E-state index contributed by atoms with van der Waals surface area (Å²) in [6.07, 6.45) is 3.08. The Bertz CT molecular complexity index is 1100. The number of thiophene rings is 1. The van der Waals surface area contributed by atoms with E-state index in [1.807, 2.05) is 43.3 Å². The number of carbonyl (C=O) groups excluding carboxylic acids is 1. The van der Waals surface area contributed by atoms with Crippen molar-refractivity contribution < 1.29 is 4.79 Å². The maximum Gasteiger partial charge on any atom is 0.260 e. The van der Waals surface area contributed by atoms with Gasteiger partial charge in [0.2, 0.25) is 5.91 Å². The number of hydrogen-bond donors (Lipinski definition) is 2. The number of rotatable bonds is 5. The van der Waals surface area contributed by atoms with E-state index in [0.717, 1.165) is 40.9 Å². The van der Waals surface area contributed by atoms with Crippen LogP contribution in [0, 0.1) is 5.92 Å². The van der Waals surface area contributed by atoms with E-state index in [4.69, 9.17) is 0 Å². The third kappa shape index (κ3) is 4.33. The Morgan fingerprint density at radius 2 is 2.10 bits per heavy atom. The molecule has 29 heavy (non-hydrogen) atoms. The van der Waals surface area contributed by atoms with Crippen LogP contribution >= 0.6 is 23.1 Å². The molecule has 0 unspecified atom stereocenters. The molecule has 0 saturated heterocycles. The van der Waals surface area contributed by atoms with Gasteiger partial charge in [0, 0.05) is 30.3 Å². The molecule has 1 aliphatic rings. The number of thioether (sulfide) groups is 1. The first kappa shape index (κ1) is 20.0. The lowest BCUT2D eigenvalue weighted by atomic mass is 9.89. The number of benzene rings is 1. The second-order valence-corrected chi connectivity index (χ2v) is 9.73. The van der Waals surface area contributed by atoms with Gasteiger partial charge >= 0.3 is 0 Å². The van der Waals surface area contributed by atoms with Crippen LogP contribution < -0.4 is 15.8 Å². The molecule has 1 aromatic carbocycles. The van der Waals surface area contributed by atoms with Crippen molar-refractivity contribution >= 4 is 50.6 Å². The number of nitrogens with zero attached hydrogens (tertiary/aromatic N) is 2. The Morgan fingerprint density at radius 1 is 1.34 bits per heavy atom. The SMILES string of the molecule is C[C@@H]1CCc2c(sc3nc(SCC(=O)Nc4ccc(N(C)C)cc4)[nH]c(=O)c23)C1. The van der Waals surface area contributed by atoms with Crippen LogP contribution in [-0.4, -0.2) is 35.7 Å². The predicted molar refractivity (Wildman–Crippen MR) is 122 cm³/mol. The number of hydrogen-bond acceptors (Lipinski definition) is 6. The summed E-state index contributed by atoms with van der Waals surface area (Å²) in [5, 5.41) is 4.11. The minimum absolute atomic E-state index is 0.0933. The van der Waals surface area contributed by atoms with Crippen LogP contribution in [0.4, 0.5) is 11.4 Å². The van der Waals surface area contributed by atoms with Crippen LogP contribution in [0.2, 0.25) is 0 Å². The van der Waals surface area contributed by atoms with Crippen molar-refractivity contribution in [2.24, 2.45) is 5.92 Å². The van der Waals surface area contributed by atoms with Crippen LogP contribution in [0.1, 0.15) is 23.8 Å². The van der Waals surface area contributed by atoms with Crippen LogP contribution in [0.3, 0.4) is 0 Å². The van der Waals surface area contributed by atoms with Crippen molar-refractivity contribution in [3.63, 3.8) is 0 Å². The Balaban J connectivity index is 1.44. The summed E-state index contributed by atoms with van der Waals surface area (Å²) in [5.41, 5.74) is 2.90. The highest BCUT2D eigenvalue weighted by Gasteiger charge is 2.23. The second-order valence-electron chi connectivity index (χ2n) is 7.68. The molecule has 8 heteroatoms. The lowest BCUT2D eigenvalue weighted by molar-refractivity contribution is -0.113. The Labute approximate surface area is 177 Å². The molecule has 1 amide bonds. The van der Waals surface area contributed by atoms with Crippen molar-refractivity contribution in [3.05, 3.63) is 45.1 Å². The zero-order valence-corrected chi connectivity index (χ0v) is 18.4. The van der Waals surface area contributed by atoms with Crippen molar-refractivity contribution in [1.29, 1.82) is 0 Å². The second kappa shape index (κ2) is 8.20. The molecular weight excluding hydrogens is 404 g/mol. The molecule has 6 nitrogen and oxygen atoms in total. The normalized spacial score (nSPS) is 15.9. The largest absolute Gasteiger partial charge is 0.378 e. The molecule has 0 radical (unpaired) electrons. The Morgan fingerprint density at radius 3 is 2.83 bits per heavy atom. The van der Waals surface area contributed by atoms with Gasteiger partial charge in [-0.3, -0.25) is 9.59 Å². The summed E-state index contributed by atoms with van der Waals surface area (Å²) in [6.45, 7) is 2.25. The van der Waals surface area contributed by atoms with E-state index in [1.54, 1.807) is 11.3 Å². The highest BCUT2D eigenvalue weighted by molar-refractivity contribution is 7.99. The fourth-order valence-corrected chi connectivity index (χ4v) is 5.67. The standard InChI is InChI=1S/C21H24N4O2S2/c1-12-4-9-15-16(10-12)29-20-18(15)19(27)23-21(24-20)28-11-17(26)22-13-5-7-14(8-6-13)25(2)3/h5-8,12H,4,9-11H2,1-3H3,(H,22,26)(H,23,24,27)/t12-/m1/s1. The molecule has 0 saturated carbocycles. The lowest BCUT2D eigenvalue weighted by Crippen LogP contribution is -2.16. The van der Waals surface area contributed by atoms with Gasteiger partial charge in [0.25, 0.3) is 5.56 Å². The first-order valence-electron chi connectivity index (χ1n) is 9.65. The predicted octanol–water partition coefficient (Wildman–Crippen LogP) is 3.91. The van der Waals surface area contributed by atoms with Gasteiger partial charge < -0.3 is 15.2 Å². The van der Waals surface area contributed by atoms with E-state index in [1.165, 1.54) is 22.2 Å². The van der Waals surface area contributed by atoms with E-state index in [-0.39, 0.29) is 17.2 Å². The average Bonchev–Trinajstić information content (AvgIpc) is 3.04. The van der Waals surface area contributed by atoms with Gasteiger partial charge in [-0.2, -0.15) is 0 Å². The number of aromatic amines is 1. The number of carbonyl (C=O) groups is 1. The first-order chi connectivity index (χ1) is 13.9. The summed E-state index contributed by atoms with van der Waals surface area (Å²) >= 11 is 2.87. The average molecular weight is 429 g/mol. The number of aromatic nitrogens is 2. The molecule has 0 fully saturated rings. The minimum atomic E-state index is -0.130. The molecule has 2 N–H and O–H groups in total. The van der Waals surface area contributed by atoms with Gasteiger partial charge in [0.15, 0.2) is 5.16 Å². The molecule has 0 aliphatic heterocycles. The summed E-state index contributed by atoms with van der Waals surface area (Å²) in [5.74, 6) is 0.708. The summed E-state index contributed by atoms with van der Waals surface area (Å²) in [7, 11) is 3.94. The van der Waals surface area contributed by atoms with E-state index in [2.05, 4.69) is 22.2 Å². The maximum atomic E-state index is 12.6. The first-order valence-corrected chi connectivity index (χ1v) is 11.5. The highest BCUT2D eigenvalue weighted by atomic mass is 32.2. The van der Waals surface area contributed by atoms with Crippen LogP contribution in [-0.2, 0) is 17.6 Å². The molecule has 2 aromatic heterocycles. The fraction of sp³-hybridized carbons (Fsp3) is 0.381. The smallest absolute Gasteiger partial charge is 0.260 e. The van der Waals surface area contributed by atoms with Crippen molar-refractivity contribution in [2.75, 3.05) is 30.1 Å². The van der Waals surface area contributed by atoms with Gasteiger partial charge in [-0.25, -0.2) is 4.98 Å². The van der Waals surface area contributed by atoms with Gasteiger partial charge in [0.05, 0.1) is 11.1 Å². The van der Waals surface area contributed by atoms with Gasteiger partial charge in [-0.15, -0.1) is 11.3 Å². The molecule has 152 valence electrons. The van der Waals surface area contributed by atoms with E-state index < -0.39 is 0 Å². The number of fused-ring (bicyclic) bond motifs is 3. The van der Waals surface area contributed by atoms with E-state index >= 15 is 0 Å². The number of amides is 1. The molecule has 0 spiro atoms. The number of H-pyrrole nitrogens is 1. The van der Waals surface area contributed by atoms with Gasteiger partial charge in [0.1, 0.15) is 4.83 Å². The van der Waals surface area contributed by atoms with Crippen LogP contribution in [0.25, 0.3) is 10.2 Å². The maximum absolute atomic E-state index is 12.6. The third-order valence-corrected chi connectivity index (χ3v) is 7.17. The molecule has 3 aromatic rings. The van der Waals surface area contributed by atoms with Gasteiger partial charge in [-0.1, -0.05) is 18.7 Å². The lowest BCUT2D eigenvalue weighted by Gasteiger charge is -2.17. The van der Waals surface area contributed by atoms with Crippen LogP contribution in [0.5, 0.6) is 0 Å². The molecule has 1 atom stereocenters. The third-order valence-electron chi connectivity index (χ3n) is 5.15. The minimum Gasteiger partial charge on any atom is -0.378 e. The molecular formula is C21H24N4O2S2.